The number of carbonyl (C=O) groups is 2. The Hall–Kier alpha value is -3.23. The molecule has 0 bridgehead atoms. The van der Waals surface area contributed by atoms with E-state index in [1.165, 1.54) is 46.3 Å². The molecule has 0 spiro atoms. The SMILES string of the molecule is C=CCN(CC=C)S(=O)(=O)c1ccc(NC(=O)CCC(=O)OCCCc2ccccc2)cc1. The molecular formula is C25H30N2O5S. The molecule has 0 atom stereocenters. The van der Waals surface area contributed by atoms with E-state index in [1.807, 2.05) is 30.3 Å². The third kappa shape index (κ3) is 8.67. The lowest BCUT2D eigenvalue weighted by atomic mass is 10.1. The maximum atomic E-state index is 12.7. The highest BCUT2D eigenvalue weighted by molar-refractivity contribution is 7.89. The summed E-state index contributed by atoms with van der Waals surface area (Å²) in [7, 11) is -3.70. The second-order valence-corrected chi connectivity index (χ2v) is 9.22. The van der Waals surface area contributed by atoms with E-state index in [-0.39, 0.29) is 36.7 Å². The van der Waals surface area contributed by atoms with Gasteiger partial charge in [0, 0.05) is 25.2 Å². The summed E-state index contributed by atoms with van der Waals surface area (Å²) in [6.45, 7) is 7.79. The van der Waals surface area contributed by atoms with Crippen molar-refractivity contribution in [3.05, 3.63) is 85.5 Å². The van der Waals surface area contributed by atoms with Gasteiger partial charge in [-0.15, -0.1) is 13.2 Å². The van der Waals surface area contributed by atoms with Crippen LogP contribution in [-0.2, 0) is 30.8 Å². The first-order valence-corrected chi connectivity index (χ1v) is 12.1. The van der Waals surface area contributed by atoms with Gasteiger partial charge in [-0.05, 0) is 42.7 Å². The van der Waals surface area contributed by atoms with Crippen molar-refractivity contribution in [3.63, 3.8) is 0 Å². The zero-order valence-corrected chi connectivity index (χ0v) is 19.4. The summed E-state index contributed by atoms with van der Waals surface area (Å²) in [6, 6.07) is 15.8. The lowest BCUT2D eigenvalue weighted by molar-refractivity contribution is -0.144. The first-order chi connectivity index (χ1) is 15.9. The van der Waals surface area contributed by atoms with E-state index in [0.717, 1.165) is 6.42 Å². The molecule has 8 heteroatoms. The molecule has 0 radical (unpaired) electrons. The molecule has 0 aliphatic carbocycles. The topological polar surface area (TPSA) is 92.8 Å². The van der Waals surface area contributed by atoms with Gasteiger partial charge in [-0.25, -0.2) is 8.42 Å². The third-order valence-electron chi connectivity index (χ3n) is 4.71. The standard InChI is InChI=1S/C25H30N2O5S/c1-3-18-27(19-4-2)33(30,31)23-14-12-22(13-15-23)26-24(28)16-17-25(29)32-20-8-11-21-9-6-5-7-10-21/h3-7,9-10,12-15H,1-2,8,11,16-20H2,(H,26,28). The van der Waals surface area contributed by atoms with Crippen molar-refractivity contribution < 1.29 is 22.7 Å². The van der Waals surface area contributed by atoms with E-state index in [0.29, 0.717) is 18.7 Å². The number of nitrogens with zero attached hydrogens (tertiary/aromatic N) is 1. The Balaban J connectivity index is 1.76. The minimum Gasteiger partial charge on any atom is -0.466 e. The van der Waals surface area contributed by atoms with Crippen LogP contribution in [0.15, 0.2) is 84.8 Å². The van der Waals surface area contributed by atoms with Crippen LogP contribution in [0.3, 0.4) is 0 Å². The van der Waals surface area contributed by atoms with Crippen molar-refractivity contribution >= 4 is 27.6 Å². The summed E-state index contributed by atoms with van der Waals surface area (Å²) in [5.74, 6) is -0.782. The molecule has 0 saturated carbocycles. The number of rotatable bonds is 14. The summed E-state index contributed by atoms with van der Waals surface area (Å²) in [5.41, 5.74) is 1.62. The zero-order chi connectivity index (χ0) is 24.1. The molecule has 33 heavy (non-hydrogen) atoms. The Kier molecular flexibility index (Phi) is 10.5. The molecule has 0 aliphatic heterocycles. The minimum absolute atomic E-state index is 0.0238. The Labute approximate surface area is 195 Å². The lowest BCUT2D eigenvalue weighted by Gasteiger charge is -2.19. The largest absolute Gasteiger partial charge is 0.466 e. The van der Waals surface area contributed by atoms with Gasteiger partial charge in [0.15, 0.2) is 0 Å². The summed E-state index contributed by atoms with van der Waals surface area (Å²) in [6.07, 6.45) is 4.49. The summed E-state index contributed by atoms with van der Waals surface area (Å²) >= 11 is 0. The molecule has 1 N–H and O–H groups in total. The van der Waals surface area contributed by atoms with Gasteiger partial charge >= 0.3 is 5.97 Å². The van der Waals surface area contributed by atoms with E-state index in [1.54, 1.807) is 0 Å². The van der Waals surface area contributed by atoms with Crippen molar-refractivity contribution in [1.29, 1.82) is 0 Å². The molecule has 0 saturated heterocycles. The number of nitrogens with one attached hydrogen (secondary N) is 1. The quantitative estimate of drug-likeness (QED) is 0.256. The van der Waals surface area contributed by atoms with Crippen LogP contribution in [0.25, 0.3) is 0 Å². The number of benzene rings is 2. The molecule has 2 aromatic carbocycles. The number of ether oxygens (including phenoxy) is 1. The van der Waals surface area contributed by atoms with Gasteiger partial charge in [0.1, 0.15) is 0 Å². The van der Waals surface area contributed by atoms with E-state index in [4.69, 9.17) is 4.74 Å². The van der Waals surface area contributed by atoms with Crippen LogP contribution in [-0.4, -0.2) is 44.3 Å². The molecule has 0 fully saturated rings. The molecule has 0 heterocycles. The fourth-order valence-corrected chi connectivity index (χ4v) is 4.42. The van der Waals surface area contributed by atoms with Gasteiger partial charge in [0.2, 0.25) is 15.9 Å². The van der Waals surface area contributed by atoms with Crippen molar-refractivity contribution in [2.45, 2.75) is 30.6 Å². The highest BCUT2D eigenvalue weighted by Crippen LogP contribution is 2.19. The predicted octanol–water partition coefficient (Wildman–Crippen LogP) is 3.94. The van der Waals surface area contributed by atoms with Crippen molar-refractivity contribution in [2.75, 3.05) is 25.0 Å². The fourth-order valence-electron chi connectivity index (χ4n) is 3.04. The van der Waals surface area contributed by atoms with Crippen LogP contribution in [0.5, 0.6) is 0 Å². The Morgan fingerprint density at radius 3 is 2.18 bits per heavy atom. The van der Waals surface area contributed by atoms with Gasteiger partial charge in [0.05, 0.1) is 17.9 Å². The predicted molar refractivity (Wildman–Crippen MR) is 129 cm³/mol. The van der Waals surface area contributed by atoms with Gasteiger partial charge < -0.3 is 10.1 Å². The maximum Gasteiger partial charge on any atom is 0.306 e. The maximum absolute atomic E-state index is 12.7. The van der Waals surface area contributed by atoms with Crippen molar-refractivity contribution in [2.24, 2.45) is 0 Å². The second kappa shape index (κ2) is 13.3. The number of sulfonamides is 1. The van der Waals surface area contributed by atoms with Gasteiger partial charge in [-0.3, -0.25) is 9.59 Å². The molecule has 0 aliphatic rings. The molecular weight excluding hydrogens is 440 g/mol. The minimum atomic E-state index is -3.70. The monoisotopic (exact) mass is 470 g/mol. The number of aryl methyl sites for hydroxylation is 1. The molecule has 2 rings (SSSR count). The highest BCUT2D eigenvalue weighted by atomic mass is 32.2. The van der Waals surface area contributed by atoms with Crippen LogP contribution in [0, 0.1) is 0 Å². The average molecular weight is 471 g/mol. The first kappa shape index (κ1) is 26.0. The Bertz CT molecular complexity index is 1020. The number of hydrogen-bond donors (Lipinski definition) is 1. The number of hydrogen-bond acceptors (Lipinski definition) is 5. The lowest BCUT2D eigenvalue weighted by Crippen LogP contribution is -2.31. The average Bonchev–Trinajstić information content (AvgIpc) is 2.81. The number of carbonyl (C=O) groups excluding carboxylic acids is 2. The summed E-state index contributed by atoms with van der Waals surface area (Å²) in [5, 5.41) is 2.66. The number of anilines is 1. The van der Waals surface area contributed by atoms with Crippen molar-refractivity contribution in [3.8, 4) is 0 Å². The molecule has 2 aromatic rings. The molecule has 1 amide bonds. The Morgan fingerprint density at radius 1 is 0.939 bits per heavy atom. The zero-order valence-electron chi connectivity index (χ0n) is 18.6. The second-order valence-electron chi connectivity index (χ2n) is 7.28. The van der Waals surface area contributed by atoms with Crippen LogP contribution in [0.1, 0.15) is 24.8 Å². The normalized spacial score (nSPS) is 11.1. The van der Waals surface area contributed by atoms with Crippen LogP contribution in [0.2, 0.25) is 0 Å². The number of esters is 1. The molecule has 0 unspecified atom stereocenters. The van der Waals surface area contributed by atoms with E-state index < -0.39 is 16.0 Å². The third-order valence-corrected chi connectivity index (χ3v) is 6.56. The van der Waals surface area contributed by atoms with Gasteiger partial charge in [-0.2, -0.15) is 4.31 Å². The molecule has 176 valence electrons. The summed E-state index contributed by atoms with van der Waals surface area (Å²) < 4.78 is 31.8. The van der Waals surface area contributed by atoms with E-state index in [2.05, 4.69) is 18.5 Å². The molecule has 0 aromatic heterocycles. The van der Waals surface area contributed by atoms with Crippen LogP contribution in [0.4, 0.5) is 5.69 Å². The highest BCUT2D eigenvalue weighted by Gasteiger charge is 2.22. The number of amides is 1. The van der Waals surface area contributed by atoms with Crippen LogP contribution >= 0.6 is 0 Å². The van der Waals surface area contributed by atoms with E-state index >= 15 is 0 Å². The first-order valence-electron chi connectivity index (χ1n) is 10.7. The summed E-state index contributed by atoms with van der Waals surface area (Å²) in [4.78, 5) is 24.1. The smallest absolute Gasteiger partial charge is 0.306 e. The van der Waals surface area contributed by atoms with Gasteiger partial charge in [0.25, 0.3) is 0 Å². The van der Waals surface area contributed by atoms with Gasteiger partial charge in [-0.1, -0.05) is 42.5 Å². The van der Waals surface area contributed by atoms with E-state index in [9.17, 15) is 18.0 Å². The molecule has 7 nitrogen and oxygen atoms in total. The van der Waals surface area contributed by atoms with Crippen LogP contribution < -0.4 is 5.32 Å². The Morgan fingerprint density at radius 2 is 1.58 bits per heavy atom. The fraction of sp³-hybridized carbons (Fsp3) is 0.280. The van der Waals surface area contributed by atoms with Crippen molar-refractivity contribution in [1.82, 2.24) is 4.31 Å².